The van der Waals surface area contributed by atoms with Gasteiger partial charge >= 0.3 is 0 Å². The second-order valence-corrected chi connectivity index (χ2v) is 7.67. The third-order valence-electron chi connectivity index (χ3n) is 5.90. The van der Waals surface area contributed by atoms with Crippen LogP contribution in [0.5, 0.6) is 0 Å². The van der Waals surface area contributed by atoms with Crippen molar-refractivity contribution in [3.8, 4) is 0 Å². The number of likely N-dealkylation sites (tertiary alicyclic amines) is 2. The fourth-order valence-electron chi connectivity index (χ4n) is 4.39. The number of H-pyrrole nitrogens is 1. The van der Waals surface area contributed by atoms with Crippen LogP contribution in [0, 0.1) is 5.92 Å². The van der Waals surface area contributed by atoms with E-state index in [1.165, 1.54) is 0 Å². The maximum Gasteiger partial charge on any atom is 0.245 e. The summed E-state index contributed by atoms with van der Waals surface area (Å²) in [6.45, 7) is 1.46. The largest absolute Gasteiger partial charge is 0.339 e. The van der Waals surface area contributed by atoms with Crippen LogP contribution in [0.3, 0.4) is 0 Å². The molecule has 2 saturated heterocycles. The van der Waals surface area contributed by atoms with Gasteiger partial charge in [-0.15, -0.1) is 0 Å². The number of pyridine rings is 1. The summed E-state index contributed by atoms with van der Waals surface area (Å²) in [5, 5.41) is 0. The molecule has 2 aliphatic heterocycles. The van der Waals surface area contributed by atoms with Crippen LogP contribution >= 0.6 is 0 Å². The second kappa shape index (κ2) is 6.07. The van der Waals surface area contributed by atoms with Crippen molar-refractivity contribution >= 4 is 22.8 Å². The number of nitrogens with one attached hydrogen (secondary N) is 1. The van der Waals surface area contributed by atoms with E-state index in [0.29, 0.717) is 0 Å². The number of amides is 2. The summed E-state index contributed by atoms with van der Waals surface area (Å²) in [5.74, 6) is 1.28. The van der Waals surface area contributed by atoms with Crippen LogP contribution in [0.1, 0.15) is 50.4 Å². The highest BCUT2D eigenvalue weighted by Crippen LogP contribution is 2.36. The Morgan fingerprint density at radius 3 is 2.65 bits per heavy atom. The fraction of sp³-hybridized carbons (Fsp3) is 0.579. The molecule has 2 aromatic rings. The average Bonchev–Trinajstić information content (AvgIpc) is 3.08. The zero-order chi connectivity index (χ0) is 17.7. The van der Waals surface area contributed by atoms with Crippen LogP contribution in [0.4, 0.5) is 0 Å². The van der Waals surface area contributed by atoms with Crippen molar-refractivity contribution in [2.75, 3.05) is 13.1 Å². The zero-order valence-electron chi connectivity index (χ0n) is 14.7. The Kier molecular flexibility index (Phi) is 3.69. The molecule has 0 spiro atoms. The first-order valence-corrected chi connectivity index (χ1v) is 9.63. The predicted octanol–water partition coefficient (Wildman–Crippen LogP) is 2.02. The number of imidazole rings is 1. The molecule has 0 radical (unpaired) electrons. The van der Waals surface area contributed by atoms with Gasteiger partial charge in [0.05, 0.1) is 23.3 Å². The first kappa shape index (κ1) is 15.8. The Bertz CT molecular complexity index is 825. The van der Waals surface area contributed by atoms with E-state index in [2.05, 4.69) is 15.0 Å². The molecule has 4 heterocycles. The number of carbonyl (C=O) groups is 2. The molecule has 5 rings (SSSR count). The highest BCUT2D eigenvalue weighted by Gasteiger charge is 2.44. The van der Waals surface area contributed by atoms with Gasteiger partial charge in [-0.1, -0.05) is 0 Å². The molecular weight excluding hydrogens is 330 g/mol. The molecule has 0 aromatic carbocycles. The number of hydrogen-bond acceptors (Lipinski definition) is 4. The molecule has 136 valence electrons. The lowest BCUT2D eigenvalue weighted by atomic mass is 10.1. The molecule has 3 fully saturated rings. The SMILES string of the molecule is O=C(C1CC1)N1CCCC1C(=O)N1CCCC1c1nc2ccncc2[nH]1. The van der Waals surface area contributed by atoms with Gasteiger partial charge in [0.2, 0.25) is 11.8 Å². The zero-order valence-corrected chi connectivity index (χ0v) is 14.7. The summed E-state index contributed by atoms with van der Waals surface area (Å²) in [7, 11) is 0. The van der Waals surface area contributed by atoms with Crippen LogP contribution in [0.25, 0.3) is 11.0 Å². The van der Waals surface area contributed by atoms with E-state index in [1.807, 2.05) is 15.9 Å². The highest BCUT2D eigenvalue weighted by molar-refractivity contribution is 5.90. The van der Waals surface area contributed by atoms with Gasteiger partial charge in [-0.2, -0.15) is 0 Å². The van der Waals surface area contributed by atoms with E-state index >= 15 is 0 Å². The van der Waals surface area contributed by atoms with E-state index in [1.54, 1.807) is 12.4 Å². The van der Waals surface area contributed by atoms with Gasteiger partial charge in [-0.25, -0.2) is 4.98 Å². The number of carbonyl (C=O) groups excluding carboxylic acids is 2. The molecule has 1 saturated carbocycles. The Morgan fingerprint density at radius 2 is 1.85 bits per heavy atom. The molecular formula is C19H23N5O2. The first-order chi connectivity index (χ1) is 12.7. The minimum atomic E-state index is -0.283. The Morgan fingerprint density at radius 1 is 1.04 bits per heavy atom. The molecule has 1 N–H and O–H groups in total. The molecule has 2 unspecified atom stereocenters. The van der Waals surface area contributed by atoms with Crippen LogP contribution < -0.4 is 0 Å². The van der Waals surface area contributed by atoms with E-state index in [9.17, 15) is 9.59 Å². The lowest BCUT2D eigenvalue weighted by Crippen LogP contribution is -2.48. The Labute approximate surface area is 151 Å². The first-order valence-electron chi connectivity index (χ1n) is 9.63. The molecule has 2 amide bonds. The van der Waals surface area contributed by atoms with Gasteiger partial charge < -0.3 is 14.8 Å². The Hall–Kier alpha value is -2.44. The van der Waals surface area contributed by atoms with Crippen LogP contribution in [0.2, 0.25) is 0 Å². The summed E-state index contributed by atoms with van der Waals surface area (Å²) in [6, 6.07) is 1.56. The predicted molar refractivity (Wildman–Crippen MR) is 95.0 cm³/mol. The maximum absolute atomic E-state index is 13.3. The van der Waals surface area contributed by atoms with Crippen molar-refractivity contribution in [3.63, 3.8) is 0 Å². The third kappa shape index (κ3) is 2.57. The minimum Gasteiger partial charge on any atom is -0.339 e. The third-order valence-corrected chi connectivity index (χ3v) is 5.90. The molecule has 2 atom stereocenters. The molecule has 1 aliphatic carbocycles. The number of hydrogen-bond donors (Lipinski definition) is 1. The monoisotopic (exact) mass is 353 g/mol. The summed E-state index contributed by atoms with van der Waals surface area (Å²) in [6.07, 6.45) is 9.03. The number of aromatic nitrogens is 3. The number of aromatic amines is 1. The van der Waals surface area contributed by atoms with Gasteiger partial charge in [0.1, 0.15) is 11.9 Å². The van der Waals surface area contributed by atoms with Crippen molar-refractivity contribution < 1.29 is 9.59 Å². The maximum atomic E-state index is 13.3. The standard InChI is InChI=1S/C19H23N5O2/c25-18(12-5-6-12)24-10-2-4-16(24)19(26)23-9-1-3-15(23)17-21-13-7-8-20-11-14(13)22-17/h7-8,11-12,15-16H,1-6,9-10H2,(H,21,22). The number of fused-ring (bicyclic) bond motifs is 1. The average molecular weight is 353 g/mol. The smallest absolute Gasteiger partial charge is 0.245 e. The highest BCUT2D eigenvalue weighted by atomic mass is 16.2. The van der Waals surface area contributed by atoms with Crippen molar-refractivity contribution in [1.82, 2.24) is 24.8 Å². The fourth-order valence-corrected chi connectivity index (χ4v) is 4.39. The lowest BCUT2D eigenvalue weighted by Gasteiger charge is -2.31. The Balaban J connectivity index is 1.39. The molecule has 2 aromatic heterocycles. The van der Waals surface area contributed by atoms with E-state index in [4.69, 9.17) is 0 Å². The van der Waals surface area contributed by atoms with E-state index in [0.717, 1.165) is 68.5 Å². The molecule has 3 aliphatic rings. The number of nitrogens with zero attached hydrogens (tertiary/aromatic N) is 4. The summed E-state index contributed by atoms with van der Waals surface area (Å²) in [4.78, 5) is 41.7. The van der Waals surface area contributed by atoms with Crippen molar-refractivity contribution in [2.24, 2.45) is 5.92 Å². The van der Waals surface area contributed by atoms with Crippen molar-refractivity contribution in [1.29, 1.82) is 0 Å². The normalized spacial score (nSPS) is 26.0. The quantitative estimate of drug-likeness (QED) is 0.915. The van der Waals surface area contributed by atoms with E-state index < -0.39 is 0 Å². The molecule has 0 bridgehead atoms. The summed E-state index contributed by atoms with van der Waals surface area (Å²) < 4.78 is 0. The van der Waals surface area contributed by atoms with Gasteiger partial charge in [0, 0.05) is 25.2 Å². The topological polar surface area (TPSA) is 82.2 Å². The lowest BCUT2D eigenvalue weighted by molar-refractivity contribution is -0.145. The van der Waals surface area contributed by atoms with Gasteiger partial charge in [0.25, 0.3) is 0 Å². The molecule has 7 nitrogen and oxygen atoms in total. The minimum absolute atomic E-state index is 0.0339. The summed E-state index contributed by atoms with van der Waals surface area (Å²) >= 11 is 0. The molecule has 7 heteroatoms. The summed E-state index contributed by atoms with van der Waals surface area (Å²) in [5.41, 5.74) is 1.77. The van der Waals surface area contributed by atoms with Crippen LogP contribution in [-0.2, 0) is 9.59 Å². The van der Waals surface area contributed by atoms with Crippen molar-refractivity contribution in [2.45, 2.75) is 50.6 Å². The van der Waals surface area contributed by atoms with Crippen LogP contribution in [-0.4, -0.2) is 55.7 Å². The molecule has 26 heavy (non-hydrogen) atoms. The van der Waals surface area contributed by atoms with Gasteiger partial charge in [-0.05, 0) is 44.6 Å². The van der Waals surface area contributed by atoms with Gasteiger partial charge in [0.15, 0.2) is 0 Å². The van der Waals surface area contributed by atoms with Gasteiger partial charge in [-0.3, -0.25) is 14.6 Å². The second-order valence-electron chi connectivity index (χ2n) is 7.67. The number of rotatable bonds is 3. The van der Waals surface area contributed by atoms with Crippen molar-refractivity contribution in [3.05, 3.63) is 24.3 Å². The van der Waals surface area contributed by atoms with E-state index in [-0.39, 0.29) is 29.8 Å². The van der Waals surface area contributed by atoms with Crippen LogP contribution in [0.15, 0.2) is 18.5 Å².